The van der Waals surface area contributed by atoms with Crippen LogP contribution in [-0.2, 0) is 11.2 Å². The van der Waals surface area contributed by atoms with Crippen LogP contribution in [0, 0.1) is 13.8 Å². The normalized spacial score (nSPS) is 11.8. The van der Waals surface area contributed by atoms with Gasteiger partial charge in [-0.2, -0.15) is 0 Å². The van der Waals surface area contributed by atoms with Gasteiger partial charge in [0, 0.05) is 6.54 Å². The number of hydrogen-bond donors (Lipinski definition) is 1. The lowest BCUT2D eigenvalue weighted by molar-refractivity contribution is -0.128. The van der Waals surface area contributed by atoms with E-state index in [1.807, 2.05) is 51.1 Å². The van der Waals surface area contributed by atoms with Crippen LogP contribution in [0.2, 0.25) is 0 Å². The van der Waals surface area contributed by atoms with Gasteiger partial charge in [0.05, 0.1) is 0 Å². The summed E-state index contributed by atoms with van der Waals surface area (Å²) in [4.78, 5) is 12.3. The highest BCUT2D eigenvalue weighted by Gasteiger charge is 2.18. The number of amides is 1. The van der Waals surface area contributed by atoms with Crippen LogP contribution in [0.1, 0.15) is 30.0 Å². The van der Waals surface area contributed by atoms with Gasteiger partial charge in [-0.25, -0.2) is 0 Å². The number of carbonyl (C=O) groups is 1. The van der Waals surface area contributed by atoms with Gasteiger partial charge < -0.3 is 10.1 Å². The Kier molecular flexibility index (Phi) is 6.21. The largest absolute Gasteiger partial charge is 0.480 e. The molecular formula is C20H25NO2. The topological polar surface area (TPSA) is 38.3 Å². The number of nitrogens with one attached hydrogen (secondary N) is 1. The lowest BCUT2D eigenvalue weighted by Crippen LogP contribution is -2.39. The van der Waals surface area contributed by atoms with Crippen LogP contribution in [-0.4, -0.2) is 18.6 Å². The Hall–Kier alpha value is -2.29. The molecule has 3 heteroatoms. The van der Waals surface area contributed by atoms with Crippen molar-refractivity contribution in [3.8, 4) is 5.75 Å². The summed E-state index contributed by atoms with van der Waals surface area (Å²) in [5, 5.41) is 2.97. The number of rotatable bonds is 7. The molecule has 1 unspecified atom stereocenters. The molecule has 2 rings (SSSR count). The molecule has 0 aliphatic heterocycles. The predicted octanol–water partition coefficient (Wildman–Crippen LogP) is 3.82. The molecule has 0 saturated carbocycles. The van der Waals surface area contributed by atoms with E-state index in [9.17, 15) is 4.79 Å². The molecule has 3 nitrogen and oxygen atoms in total. The second-order valence-corrected chi connectivity index (χ2v) is 5.81. The lowest BCUT2D eigenvalue weighted by atomic mass is 10.1. The van der Waals surface area contributed by atoms with Gasteiger partial charge in [-0.05, 0) is 43.9 Å². The molecule has 0 fully saturated rings. The maximum absolute atomic E-state index is 12.3. The molecule has 2 aromatic rings. The van der Waals surface area contributed by atoms with Gasteiger partial charge in [-0.3, -0.25) is 4.79 Å². The second kappa shape index (κ2) is 8.37. The number of carbonyl (C=O) groups excluding carboxylic acids is 1. The highest BCUT2D eigenvalue weighted by molar-refractivity contribution is 5.81. The van der Waals surface area contributed by atoms with E-state index < -0.39 is 6.10 Å². The minimum absolute atomic E-state index is 0.0524. The summed E-state index contributed by atoms with van der Waals surface area (Å²) in [7, 11) is 0. The Labute approximate surface area is 138 Å². The smallest absolute Gasteiger partial charge is 0.261 e. The maximum atomic E-state index is 12.3. The zero-order chi connectivity index (χ0) is 16.7. The Morgan fingerprint density at radius 3 is 2.52 bits per heavy atom. The van der Waals surface area contributed by atoms with Crippen molar-refractivity contribution in [2.45, 2.75) is 39.7 Å². The number of aryl methyl sites for hydroxylation is 2. The van der Waals surface area contributed by atoms with Gasteiger partial charge in [-0.1, -0.05) is 55.0 Å². The van der Waals surface area contributed by atoms with E-state index >= 15 is 0 Å². The Morgan fingerprint density at radius 1 is 1.13 bits per heavy atom. The van der Waals surface area contributed by atoms with Gasteiger partial charge in [0.2, 0.25) is 0 Å². The maximum Gasteiger partial charge on any atom is 0.261 e. The number of benzene rings is 2. The van der Waals surface area contributed by atoms with Crippen LogP contribution in [0.3, 0.4) is 0 Å². The minimum atomic E-state index is -0.452. The first-order valence-corrected chi connectivity index (χ1v) is 8.15. The van der Waals surface area contributed by atoms with Gasteiger partial charge in [0.1, 0.15) is 5.75 Å². The van der Waals surface area contributed by atoms with Crippen molar-refractivity contribution in [3.63, 3.8) is 0 Å². The van der Waals surface area contributed by atoms with E-state index in [4.69, 9.17) is 4.74 Å². The quantitative estimate of drug-likeness (QED) is 0.844. The van der Waals surface area contributed by atoms with Crippen LogP contribution in [0.15, 0.2) is 48.5 Å². The van der Waals surface area contributed by atoms with Crippen LogP contribution >= 0.6 is 0 Å². The van der Waals surface area contributed by atoms with Gasteiger partial charge in [-0.15, -0.1) is 0 Å². The monoisotopic (exact) mass is 311 g/mol. The third-order valence-electron chi connectivity index (χ3n) is 3.82. The van der Waals surface area contributed by atoms with Crippen molar-refractivity contribution in [2.24, 2.45) is 0 Å². The van der Waals surface area contributed by atoms with Gasteiger partial charge >= 0.3 is 0 Å². The standard InChI is InChI=1S/C20H25NO2/c1-4-18(23-19-11-10-15(2)14-16(19)3)20(22)21-13-12-17-8-6-5-7-9-17/h5-11,14,18H,4,12-13H2,1-3H3,(H,21,22). The molecule has 0 saturated heterocycles. The summed E-state index contributed by atoms with van der Waals surface area (Å²) in [5.41, 5.74) is 3.46. The Bertz CT molecular complexity index is 637. The molecule has 0 radical (unpaired) electrons. The molecular weight excluding hydrogens is 286 g/mol. The van der Waals surface area contributed by atoms with E-state index in [2.05, 4.69) is 23.5 Å². The number of ether oxygens (including phenoxy) is 1. The fraction of sp³-hybridized carbons (Fsp3) is 0.350. The highest BCUT2D eigenvalue weighted by Crippen LogP contribution is 2.20. The van der Waals surface area contributed by atoms with Gasteiger partial charge in [0.25, 0.3) is 5.91 Å². The molecule has 0 aliphatic rings. The van der Waals surface area contributed by atoms with Crippen molar-refractivity contribution >= 4 is 5.91 Å². The van der Waals surface area contributed by atoms with E-state index in [1.165, 1.54) is 11.1 Å². The van der Waals surface area contributed by atoms with E-state index in [0.717, 1.165) is 17.7 Å². The molecule has 0 bridgehead atoms. The second-order valence-electron chi connectivity index (χ2n) is 5.81. The molecule has 0 aromatic heterocycles. The van der Waals surface area contributed by atoms with Crippen LogP contribution in [0.4, 0.5) is 0 Å². The third-order valence-corrected chi connectivity index (χ3v) is 3.82. The van der Waals surface area contributed by atoms with Crippen LogP contribution in [0.5, 0.6) is 5.75 Å². The predicted molar refractivity (Wildman–Crippen MR) is 93.8 cm³/mol. The lowest BCUT2D eigenvalue weighted by Gasteiger charge is -2.19. The highest BCUT2D eigenvalue weighted by atomic mass is 16.5. The molecule has 122 valence electrons. The van der Waals surface area contributed by atoms with E-state index in [0.29, 0.717) is 13.0 Å². The van der Waals surface area contributed by atoms with Crippen molar-refractivity contribution in [1.29, 1.82) is 0 Å². The summed E-state index contributed by atoms with van der Waals surface area (Å²) in [6.07, 6.45) is 1.02. The summed E-state index contributed by atoms with van der Waals surface area (Å²) in [6, 6.07) is 16.1. The zero-order valence-corrected chi connectivity index (χ0v) is 14.1. The summed E-state index contributed by atoms with van der Waals surface area (Å²) < 4.78 is 5.90. The van der Waals surface area contributed by atoms with Crippen molar-refractivity contribution in [1.82, 2.24) is 5.32 Å². The minimum Gasteiger partial charge on any atom is -0.480 e. The average Bonchev–Trinajstić information content (AvgIpc) is 2.55. The fourth-order valence-electron chi connectivity index (χ4n) is 2.50. The summed E-state index contributed by atoms with van der Waals surface area (Å²) >= 11 is 0. The first-order chi connectivity index (χ1) is 11.1. The SMILES string of the molecule is CCC(Oc1ccc(C)cc1C)C(=O)NCCc1ccccc1. The molecule has 2 aromatic carbocycles. The molecule has 23 heavy (non-hydrogen) atoms. The molecule has 1 atom stereocenters. The fourth-order valence-corrected chi connectivity index (χ4v) is 2.50. The van der Waals surface area contributed by atoms with Crippen molar-refractivity contribution < 1.29 is 9.53 Å². The van der Waals surface area contributed by atoms with Gasteiger partial charge in [0.15, 0.2) is 6.10 Å². The first-order valence-electron chi connectivity index (χ1n) is 8.15. The average molecular weight is 311 g/mol. The van der Waals surface area contributed by atoms with Crippen LogP contribution in [0.25, 0.3) is 0 Å². The van der Waals surface area contributed by atoms with Crippen LogP contribution < -0.4 is 10.1 Å². The number of hydrogen-bond acceptors (Lipinski definition) is 2. The summed E-state index contributed by atoms with van der Waals surface area (Å²) in [6.45, 7) is 6.63. The molecule has 1 amide bonds. The van der Waals surface area contributed by atoms with E-state index in [-0.39, 0.29) is 5.91 Å². The molecule has 1 N–H and O–H groups in total. The zero-order valence-electron chi connectivity index (χ0n) is 14.1. The van der Waals surface area contributed by atoms with Crippen molar-refractivity contribution in [3.05, 3.63) is 65.2 Å². The van der Waals surface area contributed by atoms with Crippen molar-refractivity contribution in [2.75, 3.05) is 6.54 Å². The Balaban J connectivity index is 1.88. The first kappa shape index (κ1) is 17.1. The Morgan fingerprint density at radius 2 is 1.87 bits per heavy atom. The molecule has 0 aliphatic carbocycles. The summed E-state index contributed by atoms with van der Waals surface area (Å²) in [5.74, 6) is 0.726. The molecule has 0 heterocycles. The van der Waals surface area contributed by atoms with E-state index in [1.54, 1.807) is 0 Å². The molecule has 0 spiro atoms. The third kappa shape index (κ3) is 5.13.